The summed E-state index contributed by atoms with van der Waals surface area (Å²) in [5.74, 6) is 6.08. The maximum Gasteiger partial charge on any atom is 0.337 e. The highest BCUT2D eigenvalue weighted by Gasteiger charge is 2.55. The van der Waals surface area contributed by atoms with Gasteiger partial charge in [-0.25, -0.2) is 0 Å². The molecule has 2 aliphatic heterocycles. The van der Waals surface area contributed by atoms with Crippen LogP contribution < -0.4 is 20.7 Å². The van der Waals surface area contributed by atoms with Crippen LogP contribution in [0.25, 0.3) is 55.0 Å². The monoisotopic (exact) mass is 1140 g/mol. The lowest BCUT2D eigenvalue weighted by Gasteiger charge is -2.57. The number of rotatable bonds is 7. The smallest absolute Gasteiger partial charge is 0.337 e. The number of fused-ring (bicyclic) bond motifs is 10. The van der Waals surface area contributed by atoms with Crippen LogP contribution in [0.4, 0.5) is 34.3 Å². The van der Waals surface area contributed by atoms with E-state index in [0.29, 0.717) is 0 Å². The molecule has 21 rings (SSSR count). The van der Waals surface area contributed by atoms with Crippen LogP contribution in [0.2, 0.25) is 0 Å². The van der Waals surface area contributed by atoms with Crippen molar-refractivity contribution in [2.45, 2.75) is 165 Å². The number of benzene rings is 8. The van der Waals surface area contributed by atoms with Crippen molar-refractivity contribution < 1.29 is 4.42 Å². The molecular weight excluding hydrogens is 1050 g/mol. The van der Waals surface area contributed by atoms with Crippen molar-refractivity contribution in [3.05, 3.63) is 192 Å². The zero-order valence-electron chi connectivity index (χ0n) is 52.3. The Hall–Kier alpha value is -7.24. The number of anilines is 6. The topological polar surface area (TPSA) is 24.6 Å². The molecule has 5 heteroatoms. The maximum atomic E-state index is 7.98. The van der Waals surface area contributed by atoms with Gasteiger partial charge in [0.25, 0.3) is 0 Å². The van der Waals surface area contributed by atoms with Gasteiger partial charge in [-0.3, -0.25) is 4.90 Å². The van der Waals surface area contributed by atoms with Crippen LogP contribution in [-0.4, -0.2) is 11.3 Å². The molecule has 9 aliphatic carbocycles. The normalized spacial score (nSPS) is 27.3. The third-order valence-electron chi connectivity index (χ3n) is 25.0. The van der Waals surface area contributed by atoms with Gasteiger partial charge in [-0.15, -0.1) is 0 Å². The second-order valence-electron chi connectivity index (χ2n) is 32.4. The summed E-state index contributed by atoms with van der Waals surface area (Å²) in [7, 11) is 0. The molecule has 11 aliphatic rings. The first kappa shape index (κ1) is 51.8. The number of hydrogen-bond donors (Lipinski definition) is 0. The minimum Gasteiger partial charge on any atom is -0.440 e. The fraction of sp³-hybridized carbons (Fsp3) is 0.390. The Morgan fingerprint density at radius 3 is 1.61 bits per heavy atom. The second kappa shape index (κ2) is 17.8. The molecule has 8 saturated carbocycles. The van der Waals surface area contributed by atoms with Gasteiger partial charge in [-0.05, 0) is 282 Å². The Kier molecular flexibility index (Phi) is 10.6. The maximum absolute atomic E-state index is 7.98. The minimum atomic E-state index is -0.173. The van der Waals surface area contributed by atoms with Crippen LogP contribution in [0.1, 0.15) is 166 Å². The molecule has 0 N–H and O–H groups in total. The summed E-state index contributed by atoms with van der Waals surface area (Å²) in [5.41, 5.74) is 25.3. The van der Waals surface area contributed by atoms with E-state index in [4.69, 9.17) is 4.42 Å². The van der Waals surface area contributed by atoms with E-state index in [-0.39, 0.29) is 33.9 Å². The molecule has 87 heavy (non-hydrogen) atoms. The Balaban J connectivity index is 0.973. The highest BCUT2D eigenvalue weighted by molar-refractivity contribution is 6.91. The lowest BCUT2D eigenvalue weighted by atomic mass is 9.45. The molecule has 8 bridgehead atoms. The van der Waals surface area contributed by atoms with Crippen LogP contribution in [0, 0.1) is 35.5 Å². The molecule has 4 heterocycles. The third kappa shape index (κ3) is 7.44. The van der Waals surface area contributed by atoms with Crippen LogP contribution in [-0.2, 0) is 27.1 Å². The Morgan fingerprint density at radius 1 is 0.471 bits per heavy atom. The van der Waals surface area contributed by atoms with E-state index in [1.807, 2.05) is 0 Å². The van der Waals surface area contributed by atoms with Gasteiger partial charge in [0.2, 0.25) is 5.88 Å². The molecule has 0 radical (unpaired) electrons. The molecule has 0 unspecified atom stereocenters. The van der Waals surface area contributed by atoms with Crippen LogP contribution in [0.15, 0.2) is 168 Å². The number of nitrogens with zero attached hydrogens (tertiary/aromatic N) is 3. The molecule has 8 aromatic carbocycles. The van der Waals surface area contributed by atoms with Crippen molar-refractivity contribution in [3.63, 3.8) is 0 Å². The van der Waals surface area contributed by atoms with Gasteiger partial charge < -0.3 is 13.8 Å². The molecule has 4 nitrogen and oxygen atoms in total. The van der Waals surface area contributed by atoms with E-state index in [1.165, 1.54) is 160 Å². The van der Waals surface area contributed by atoms with E-state index >= 15 is 0 Å². The van der Waals surface area contributed by atoms with Crippen molar-refractivity contribution in [1.29, 1.82) is 0 Å². The van der Waals surface area contributed by atoms with Crippen molar-refractivity contribution in [2.24, 2.45) is 35.5 Å². The number of para-hydroxylation sites is 2. The predicted molar refractivity (Wildman–Crippen MR) is 364 cm³/mol. The molecule has 0 saturated heterocycles. The Bertz CT molecular complexity index is 4420. The zero-order valence-corrected chi connectivity index (χ0v) is 52.3. The lowest BCUT2D eigenvalue weighted by Crippen LogP contribution is -2.56. The third-order valence-corrected chi connectivity index (χ3v) is 25.0. The van der Waals surface area contributed by atoms with Crippen LogP contribution in [0.3, 0.4) is 0 Å². The first-order valence-electron chi connectivity index (χ1n) is 33.9. The van der Waals surface area contributed by atoms with Crippen molar-refractivity contribution in [3.8, 4) is 22.3 Å². The van der Waals surface area contributed by atoms with Gasteiger partial charge >= 0.3 is 6.85 Å². The van der Waals surface area contributed by atoms with E-state index in [2.05, 4.69) is 227 Å². The molecule has 434 valence electrons. The molecule has 8 fully saturated rings. The minimum absolute atomic E-state index is 0.00497. The summed E-state index contributed by atoms with van der Waals surface area (Å²) in [4.78, 5) is 5.15. The Labute approximate surface area is 515 Å². The van der Waals surface area contributed by atoms with Gasteiger partial charge in [0, 0.05) is 66.5 Å². The van der Waals surface area contributed by atoms with Gasteiger partial charge in [0.15, 0.2) is 0 Å². The van der Waals surface area contributed by atoms with Crippen molar-refractivity contribution in [2.75, 3.05) is 9.80 Å². The average molecular weight is 1140 g/mol. The summed E-state index contributed by atoms with van der Waals surface area (Å²) in [6, 6.07) is 65.0. The van der Waals surface area contributed by atoms with E-state index in [1.54, 1.807) is 11.1 Å². The SMILES string of the molecule is CC(C)(C)c1ccc(N2c3cc(N(c4ccccc4)c4ccccc4)cc4c3B(c3c2oc2cc5c(cc32)C(C)(C)CCC5(C)C)n2c3ccc(C56CC7CC(CC(C7)C5)C6)cc3c3cc(C56CC7CC(CC(C7)C5)C6)cc-4c32)c(-c2ccccc2)c1. The highest BCUT2D eigenvalue weighted by Crippen LogP contribution is 2.64. The largest absolute Gasteiger partial charge is 0.440 e. The van der Waals surface area contributed by atoms with Crippen molar-refractivity contribution in [1.82, 2.24) is 4.48 Å². The molecule has 10 aromatic rings. The number of aromatic nitrogens is 1. The Morgan fingerprint density at radius 2 is 1.02 bits per heavy atom. The van der Waals surface area contributed by atoms with Gasteiger partial charge in [0.05, 0.1) is 5.69 Å². The van der Waals surface area contributed by atoms with Gasteiger partial charge in [-0.1, -0.05) is 127 Å². The summed E-state index contributed by atoms with van der Waals surface area (Å²) < 4.78 is 10.9. The fourth-order valence-corrected chi connectivity index (χ4v) is 21.7. The van der Waals surface area contributed by atoms with Crippen LogP contribution in [0.5, 0.6) is 0 Å². The number of furan rings is 1. The molecule has 0 atom stereocenters. The van der Waals surface area contributed by atoms with Crippen LogP contribution >= 0.6 is 0 Å². The zero-order chi connectivity index (χ0) is 58.3. The highest BCUT2D eigenvalue weighted by atomic mass is 16.4. The fourth-order valence-electron chi connectivity index (χ4n) is 21.7. The van der Waals surface area contributed by atoms with E-state index < -0.39 is 0 Å². The first-order chi connectivity index (χ1) is 42.1. The number of hydrogen-bond acceptors (Lipinski definition) is 3. The molecule has 0 amide bonds. The second-order valence-corrected chi connectivity index (χ2v) is 32.4. The summed E-state index contributed by atoms with van der Waals surface area (Å²) in [5, 5.41) is 4.19. The van der Waals surface area contributed by atoms with Gasteiger partial charge in [0.1, 0.15) is 5.58 Å². The quantitative estimate of drug-likeness (QED) is 0.149. The average Bonchev–Trinajstić information content (AvgIpc) is 1.61. The predicted octanol–water partition coefficient (Wildman–Crippen LogP) is 20.7. The van der Waals surface area contributed by atoms with E-state index in [0.717, 1.165) is 82.6 Å². The summed E-state index contributed by atoms with van der Waals surface area (Å²) in [6.45, 7) is 16.8. The molecule has 0 spiro atoms. The molecule has 2 aromatic heterocycles. The standard InChI is InChI=1S/C82H82BN3O/c1-78(2,3)56-23-25-70(62(35-56)55-17-11-8-12-18-55)85-72-40-61(84(59-19-13-9-14-20-59)60-21-15-10-16-22-60)39-64-66-38-58(82-46-52-32-53(47-82)34-54(33-52)48-82)37-65-63-36-57(81-43-49-29-50(44-81)31-51(30-49)45-81)24-26-71(63)86(76(65)66)83(74(64)72)75-67-41-68-69(42-73(67)87-77(75)85)80(6,7)28-27-79(68,4)5/h8-26,35-42,49-54H,27-34,43-48H2,1-7H3. The summed E-state index contributed by atoms with van der Waals surface area (Å²) >= 11 is 0. The molecular formula is C82H82BN3O. The lowest BCUT2D eigenvalue weighted by molar-refractivity contribution is -0.00527. The van der Waals surface area contributed by atoms with E-state index in [9.17, 15) is 0 Å². The van der Waals surface area contributed by atoms with Gasteiger partial charge in [-0.2, -0.15) is 0 Å². The van der Waals surface area contributed by atoms with Crippen molar-refractivity contribution >= 4 is 84.9 Å². The first-order valence-corrected chi connectivity index (χ1v) is 33.9. The summed E-state index contributed by atoms with van der Waals surface area (Å²) in [6.07, 6.45) is 19.1.